The number of rotatable bonds is 1. The van der Waals surface area contributed by atoms with Crippen molar-refractivity contribution in [2.45, 2.75) is 6.04 Å². The van der Waals surface area contributed by atoms with Gasteiger partial charge in [-0.05, 0) is 24.3 Å². The highest BCUT2D eigenvalue weighted by Crippen LogP contribution is 2.33. The van der Waals surface area contributed by atoms with Gasteiger partial charge in [0.25, 0.3) is 0 Å². The van der Waals surface area contributed by atoms with Crippen LogP contribution in [0.4, 0.5) is 5.69 Å². The summed E-state index contributed by atoms with van der Waals surface area (Å²) in [4.78, 5) is 7.35. The van der Waals surface area contributed by atoms with E-state index in [-0.39, 0.29) is 0 Å². The van der Waals surface area contributed by atoms with Crippen molar-refractivity contribution in [3.05, 3.63) is 63.6 Å². The van der Waals surface area contributed by atoms with Crippen molar-refractivity contribution >= 4 is 34.6 Å². The van der Waals surface area contributed by atoms with Crippen LogP contribution < -0.4 is 10.2 Å². The monoisotopic (exact) mass is 345 g/mol. The fourth-order valence-electron chi connectivity index (χ4n) is 3.35. The molecule has 2 aromatic rings. The lowest BCUT2D eigenvalue weighted by Crippen LogP contribution is -2.52. The molecule has 0 saturated carbocycles. The van der Waals surface area contributed by atoms with Crippen LogP contribution in [0.5, 0.6) is 0 Å². The van der Waals surface area contributed by atoms with Gasteiger partial charge in [-0.2, -0.15) is 0 Å². The lowest BCUT2D eigenvalue weighted by atomic mass is 9.99. The van der Waals surface area contributed by atoms with Crippen molar-refractivity contribution in [2.75, 3.05) is 31.1 Å². The Morgan fingerprint density at radius 2 is 1.96 bits per heavy atom. The van der Waals surface area contributed by atoms with E-state index in [1.807, 2.05) is 36.4 Å². The van der Waals surface area contributed by atoms with E-state index in [2.05, 4.69) is 16.3 Å². The fraction of sp³-hybridized carbons (Fsp3) is 0.278. The molecule has 5 heteroatoms. The molecule has 0 aromatic heterocycles. The quantitative estimate of drug-likeness (QED) is 0.854. The van der Waals surface area contributed by atoms with Gasteiger partial charge in [0.15, 0.2) is 0 Å². The molecular weight excluding hydrogens is 329 g/mol. The second-order valence-corrected chi connectivity index (χ2v) is 6.73. The first-order valence-corrected chi connectivity index (χ1v) is 8.56. The maximum Gasteiger partial charge on any atom is 0.0756 e. The summed E-state index contributed by atoms with van der Waals surface area (Å²) in [5.41, 5.74) is 4.15. The summed E-state index contributed by atoms with van der Waals surface area (Å²) in [5, 5.41) is 4.89. The zero-order chi connectivity index (χ0) is 15.8. The molecule has 0 radical (unpaired) electrons. The summed E-state index contributed by atoms with van der Waals surface area (Å²) in [5.74, 6) is 0. The highest BCUT2D eigenvalue weighted by atomic mass is 35.5. The van der Waals surface area contributed by atoms with Crippen LogP contribution in [0.1, 0.15) is 11.1 Å². The van der Waals surface area contributed by atoms with Crippen molar-refractivity contribution in [1.29, 1.82) is 0 Å². The van der Waals surface area contributed by atoms with Crippen molar-refractivity contribution in [1.82, 2.24) is 5.32 Å². The van der Waals surface area contributed by atoms with Crippen LogP contribution in [0.3, 0.4) is 0 Å². The minimum atomic E-state index is 0.365. The molecule has 3 nitrogen and oxygen atoms in total. The van der Waals surface area contributed by atoms with Crippen molar-refractivity contribution in [2.24, 2.45) is 4.99 Å². The van der Waals surface area contributed by atoms with Gasteiger partial charge in [0.2, 0.25) is 0 Å². The minimum absolute atomic E-state index is 0.365. The average Bonchev–Trinajstić information content (AvgIpc) is 2.72. The number of nitrogens with one attached hydrogen (secondary N) is 1. The van der Waals surface area contributed by atoms with Crippen LogP contribution >= 0.6 is 23.2 Å². The number of aliphatic imine (C=N–C) groups is 1. The van der Waals surface area contributed by atoms with E-state index >= 15 is 0 Å². The number of hydrogen-bond donors (Lipinski definition) is 1. The van der Waals surface area contributed by atoms with Gasteiger partial charge in [0.1, 0.15) is 0 Å². The first-order chi connectivity index (χ1) is 11.2. The third-order valence-electron chi connectivity index (χ3n) is 4.46. The Hall–Kier alpha value is -1.55. The Bertz CT molecular complexity index is 773. The average molecular weight is 346 g/mol. The molecule has 1 N–H and O–H groups in total. The van der Waals surface area contributed by atoms with Gasteiger partial charge in [0, 0.05) is 46.5 Å². The first-order valence-electron chi connectivity index (χ1n) is 7.80. The number of nitrogens with zero attached hydrogens (tertiary/aromatic N) is 2. The van der Waals surface area contributed by atoms with Gasteiger partial charge in [-0.15, -0.1) is 0 Å². The second-order valence-electron chi connectivity index (χ2n) is 5.88. The van der Waals surface area contributed by atoms with Gasteiger partial charge in [-0.3, -0.25) is 4.99 Å². The molecule has 2 heterocycles. The molecule has 1 saturated heterocycles. The Morgan fingerprint density at radius 3 is 2.83 bits per heavy atom. The highest BCUT2D eigenvalue weighted by Gasteiger charge is 2.29. The predicted octanol–water partition coefficient (Wildman–Crippen LogP) is 3.62. The maximum atomic E-state index is 6.43. The molecule has 1 unspecified atom stereocenters. The topological polar surface area (TPSA) is 27.6 Å². The number of halogens is 2. The number of anilines is 1. The third-order valence-corrected chi connectivity index (χ3v) is 5.03. The summed E-state index contributed by atoms with van der Waals surface area (Å²) < 4.78 is 0. The molecule has 23 heavy (non-hydrogen) atoms. The summed E-state index contributed by atoms with van der Waals surface area (Å²) in [6, 6.07) is 14.3. The van der Waals surface area contributed by atoms with E-state index in [0.29, 0.717) is 6.04 Å². The van der Waals surface area contributed by atoms with Gasteiger partial charge >= 0.3 is 0 Å². The number of piperazine rings is 1. The largest absolute Gasteiger partial charge is 0.364 e. The van der Waals surface area contributed by atoms with E-state index in [1.54, 1.807) is 0 Å². The van der Waals surface area contributed by atoms with E-state index in [4.69, 9.17) is 28.2 Å². The molecule has 4 rings (SSSR count). The van der Waals surface area contributed by atoms with E-state index in [1.165, 1.54) is 5.69 Å². The van der Waals surface area contributed by atoms with Gasteiger partial charge in [0.05, 0.1) is 18.3 Å². The van der Waals surface area contributed by atoms with Crippen LogP contribution in [0, 0.1) is 0 Å². The first kappa shape index (κ1) is 15.0. The molecule has 118 valence electrons. The molecule has 0 amide bonds. The highest BCUT2D eigenvalue weighted by molar-refractivity contribution is 6.36. The number of benzene rings is 2. The van der Waals surface area contributed by atoms with Crippen LogP contribution in [-0.2, 0) is 0 Å². The van der Waals surface area contributed by atoms with Crippen molar-refractivity contribution in [3.8, 4) is 0 Å². The normalized spacial score (nSPS) is 20.3. The number of hydrogen-bond acceptors (Lipinski definition) is 3. The number of fused-ring (bicyclic) bond motifs is 3. The van der Waals surface area contributed by atoms with Crippen molar-refractivity contribution in [3.63, 3.8) is 0 Å². The van der Waals surface area contributed by atoms with Gasteiger partial charge < -0.3 is 10.2 Å². The standard InChI is InChI=1S/C18H17Cl2N3/c19-12-5-6-17-15(9-12)18(14-3-1-2-4-16(14)20)22-11-13-10-21-7-8-23(13)17/h1-6,9,13,21H,7-8,10-11H2. The summed E-state index contributed by atoms with van der Waals surface area (Å²) in [7, 11) is 0. The molecule has 1 fully saturated rings. The van der Waals surface area contributed by atoms with Gasteiger partial charge in [-0.25, -0.2) is 0 Å². The molecule has 0 spiro atoms. The van der Waals surface area contributed by atoms with E-state index in [9.17, 15) is 0 Å². The van der Waals surface area contributed by atoms with Gasteiger partial charge in [-0.1, -0.05) is 41.4 Å². The zero-order valence-electron chi connectivity index (χ0n) is 12.6. The fourth-order valence-corrected chi connectivity index (χ4v) is 3.75. The van der Waals surface area contributed by atoms with Crippen LogP contribution in [-0.4, -0.2) is 37.9 Å². The van der Waals surface area contributed by atoms with Crippen LogP contribution in [0.2, 0.25) is 10.0 Å². The molecule has 0 bridgehead atoms. The Labute approximate surface area is 145 Å². The van der Waals surface area contributed by atoms with E-state index < -0.39 is 0 Å². The van der Waals surface area contributed by atoms with Crippen molar-refractivity contribution < 1.29 is 0 Å². The Kier molecular flexibility index (Phi) is 4.02. The Morgan fingerprint density at radius 1 is 1.09 bits per heavy atom. The lowest BCUT2D eigenvalue weighted by molar-refractivity contribution is 0.484. The molecule has 2 aromatic carbocycles. The molecular formula is C18H17Cl2N3. The summed E-state index contributed by atoms with van der Waals surface area (Å²) >= 11 is 12.7. The lowest BCUT2D eigenvalue weighted by Gasteiger charge is -2.37. The summed E-state index contributed by atoms with van der Waals surface area (Å²) in [6.45, 7) is 3.66. The smallest absolute Gasteiger partial charge is 0.0756 e. The Balaban J connectivity index is 1.91. The second kappa shape index (κ2) is 6.16. The SMILES string of the molecule is Clc1ccc2c(c1)C(c1ccccc1Cl)=NCC1CNCCN21. The van der Waals surface area contributed by atoms with Crippen LogP contribution in [0.15, 0.2) is 47.5 Å². The molecule has 2 aliphatic heterocycles. The zero-order valence-corrected chi connectivity index (χ0v) is 14.1. The van der Waals surface area contributed by atoms with Crippen LogP contribution in [0.25, 0.3) is 0 Å². The van der Waals surface area contributed by atoms with E-state index in [0.717, 1.165) is 53.1 Å². The maximum absolute atomic E-state index is 6.43. The molecule has 2 aliphatic rings. The predicted molar refractivity (Wildman–Crippen MR) is 97.4 cm³/mol. The molecule has 1 atom stereocenters. The minimum Gasteiger partial charge on any atom is -0.364 e. The molecule has 0 aliphatic carbocycles. The third kappa shape index (κ3) is 2.74. The summed E-state index contributed by atoms with van der Waals surface area (Å²) in [6.07, 6.45) is 0.